The molecule has 1 aliphatic rings. The second-order valence-electron chi connectivity index (χ2n) is 4.27. The van der Waals surface area contributed by atoms with E-state index in [1.807, 2.05) is 6.08 Å². The third-order valence-corrected chi connectivity index (χ3v) is 3.04. The topological polar surface area (TPSA) is 0 Å². The molecule has 0 bridgehead atoms. The lowest BCUT2D eigenvalue weighted by molar-refractivity contribution is 0.558. The molecular formula is C14H22. The summed E-state index contributed by atoms with van der Waals surface area (Å²) >= 11 is 0. The summed E-state index contributed by atoms with van der Waals surface area (Å²) in [5, 5.41) is 0. The molecule has 0 N–H and O–H groups in total. The van der Waals surface area contributed by atoms with E-state index in [4.69, 9.17) is 0 Å². The first-order valence-electron chi connectivity index (χ1n) is 5.79. The van der Waals surface area contributed by atoms with Gasteiger partial charge >= 0.3 is 0 Å². The summed E-state index contributed by atoms with van der Waals surface area (Å²) in [6.45, 7) is 8.39. The molecule has 0 aromatic heterocycles. The summed E-state index contributed by atoms with van der Waals surface area (Å²) in [6, 6.07) is 0. The van der Waals surface area contributed by atoms with Crippen molar-refractivity contribution in [1.82, 2.24) is 0 Å². The lowest BCUT2D eigenvalue weighted by atomic mass is 9.93. The van der Waals surface area contributed by atoms with Gasteiger partial charge in [0, 0.05) is 0 Å². The Balaban J connectivity index is 2.64. The highest BCUT2D eigenvalue weighted by Crippen LogP contribution is 2.29. The van der Waals surface area contributed by atoms with Crippen LogP contribution in [-0.4, -0.2) is 0 Å². The fourth-order valence-corrected chi connectivity index (χ4v) is 1.93. The van der Waals surface area contributed by atoms with Crippen LogP contribution < -0.4 is 0 Å². The Hall–Kier alpha value is -0.780. The standard InChI is InChI=1S/C14H22/c1-4-8-14(11-12(3)5-2)13-9-6-7-10-13/h4,8-9,12H,1,5-7,10-11H2,2-3H3/b14-8+. The van der Waals surface area contributed by atoms with E-state index in [0.29, 0.717) is 0 Å². The number of allylic oxidation sites excluding steroid dienone is 5. The van der Waals surface area contributed by atoms with Gasteiger partial charge in [-0.05, 0) is 42.7 Å². The zero-order chi connectivity index (χ0) is 10.4. The van der Waals surface area contributed by atoms with Gasteiger partial charge in [-0.3, -0.25) is 0 Å². The van der Waals surface area contributed by atoms with Crippen molar-refractivity contribution in [3.63, 3.8) is 0 Å². The van der Waals surface area contributed by atoms with Crippen LogP contribution in [0.3, 0.4) is 0 Å². The largest absolute Gasteiger partial charge is 0.0991 e. The van der Waals surface area contributed by atoms with Crippen LogP contribution in [0.2, 0.25) is 0 Å². The molecule has 0 saturated heterocycles. The highest BCUT2D eigenvalue weighted by molar-refractivity contribution is 5.35. The van der Waals surface area contributed by atoms with Crippen LogP contribution >= 0.6 is 0 Å². The van der Waals surface area contributed by atoms with Crippen molar-refractivity contribution in [3.8, 4) is 0 Å². The Kier molecular flexibility index (Phi) is 4.72. The van der Waals surface area contributed by atoms with Crippen molar-refractivity contribution in [2.75, 3.05) is 0 Å². The van der Waals surface area contributed by atoms with E-state index in [2.05, 4.69) is 32.6 Å². The lowest BCUT2D eigenvalue weighted by Crippen LogP contribution is -1.97. The summed E-state index contributed by atoms with van der Waals surface area (Å²) in [6.07, 6.45) is 12.9. The highest BCUT2D eigenvalue weighted by Gasteiger charge is 2.11. The molecule has 0 heteroatoms. The van der Waals surface area contributed by atoms with Crippen molar-refractivity contribution < 1.29 is 0 Å². The predicted molar refractivity (Wildman–Crippen MR) is 64.3 cm³/mol. The Bertz CT molecular complexity index is 243. The molecule has 0 saturated carbocycles. The molecule has 0 heterocycles. The van der Waals surface area contributed by atoms with Crippen LogP contribution in [0.4, 0.5) is 0 Å². The van der Waals surface area contributed by atoms with Crippen molar-refractivity contribution in [2.45, 2.75) is 46.0 Å². The van der Waals surface area contributed by atoms with Gasteiger partial charge in [0.2, 0.25) is 0 Å². The minimum absolute atomic E-state index is 0.794. The molecule has 78 valence electrons. The zero-order valence-corrected chi connectivity index (χ0v) is 9.55. The fraction of sp³-hybridized carbons (Fsp3) is 0.571. The van der Waals surface area contributed by atoms with Crippen molar-refractivity contribution in [1.29, 1.82) is 0 Å². The summed E-state index contributed by atoms with van der Waals surface area (Å²) < 4.78 is 0. The zero-order valence-electron chi connectivity index (χ0n) is 9.55. The minimum atomic E-state index is 0.794. The quantitative estimate of drug-likeness (QED) is 0.554. The average molecular weight is 190 g/mol. The van der Waals surface area contributed by atoms with Crippen molar-refractivity contribution >= 4 is 0 Å². The van der Waals surface area contributed by atoms with E-state index in [9.17, 15) is 0 Å². The van der Waals surface area contributed by atoms with E-state index >= 15 is 0 Å². The average Bonchev–Trinajstić information content (AvgIpc) is 2.69. The van der Waals surface area contributed by atoms with E-state index < -0.39 is 0 Å². The molecule has 14 heavy (non-hydrogen) atoms. The van der Waals surface area contributed by atoms with Gasteiger partial charge in [0.05, 0.1) is 0 Å². The molecule has 0 aromatic rings. The second kappa shape index (κ2) is 5.85. The van der Waals surface area contributed by atoms with Crippen molar-refractivity contribution in [3.05, 3.63) is 36.0 Å². The first-order valence-corrected chi connectivity index (χ1v) is 5.79. The Morgan fingerprint density at radius 2 is 2.43 bits per heavy atom. The van der Waals surface area contributed by atoms with Crippen molar-refractivity contribution in [2.24, 2.45) is 5.92 Å². The molecule has 1 rings (SSSR count). The summed E-state index contributed by atoms with van der Waals surface area (Å²) in [5.74, 6) is 0.794. The number of hydrogen-bond donors (Lipinski definition) is 0. The van der Waals surface area contributed by atoms with Crippen LogP contribution in [-0.2, 0) is 0 Å². The van der Waals surface area contributed by atoms with Crippen LogP contribution in [0.15, 0.2) is 36.0 Å². The lowest BCUT2D eigenvalue weighted by Gasteiger charge is -2.13. The number of rotatable bonds is 5. The predicted octanol–water partition coefficient (Wildman–Crippen LogP) is 4.65. The molecule has 0 fully saturated rings. The van der Waals surface area contributed by atoms with Crippen LogP contribution in [0.5, 0.6) is 0 Å². The van der Waals surface area contributed by atoms with Gasteiger partial charge in [-0.25, -0.2) is 0 Å². The summed E-state index contributed by atoms with van der Waals surface area (Å²) in [7, 11) is 0. The molecule has 0 radical (unpaired) electrons. The Labute approximate surface area is 88.4 Å². The van der Waals surface area contributed by atoms with Gasteiger partial charge in [0.1, 0.15) is 0 Å². The summed E-state index contributed by atoms with van der Waals surface area (Å²) in [5.41, 5.74) is 3.09. The van der Waals surface area contributed by atoms with Gasteiger partial charge < -0.3 is 0 Å². The first-order chi connectivity index (χ1) is 6.77. The highest BCUT2D eigenvalue weighted by atomic mass is 14.2. The molecule has 1 unspecified atom stereocenters. The van der Waals surface area contributed by atoms with E-state index in [-0.39, 0.29) is 0 Å². The summed E-state index contributed by atoms with van der Waals surface area (Å²) in [4.78, 5) is 0. The minimum Gasteiger partial charge on any atom is -0.0991 e. The molecule has 0 spiro atoms. The fourth-order valence-electron chi connectivity index (χ4n) is 1.93. The molecule has 0 amide bonds. The SMILES string of the molecule is C=C/C=C(\CC(C)CC)C1=CCCC1. The maximum atomic E-state index is 3.80. The normalized spacial score (nSPS) is 19.3. The second-order valence-corrected chi connectivity index (χ2v) is 4.27. The first kappa shape index (κ1) is 11.3. The smallest absolute Gasteiger partial charge is 0.0250 e. The van der Waals surface area contributed by atoms with Crippen LogP contribution in [0.1, 0.15) is 46.0 Å². The maximum Gasteiger partial charge on any atom is -0.0250 e. The van der Waals surface area contributed by atoms with Gasteiger partial charge in [-0.2, -0.15) is 0 Å². The third-order valence-electron chi connectivity index (χ3n) is 3.04. The van der Waals surface area contributed by atoms with Gasteiger partial charge in [-0.15, -0.1) is 0 Å². The Morgan fingerprint density at radius 3 is 2.93 bits per heavy atom. The molecule has 0 nitrogen and oxygen atoms in total. The monoisotopic (exact) mass is 190 g/mol. The maximum absolute atomic E-state index is 3.80. The third kappa shape index (κ3) is 3.17. The molecular weight excluding hydrogens is 168 g/mol. The Morgan fingerprint density at radius 1 is 1.64 bits per heavy atom. The molecule has 0 aromatic carbocycles. The van der Waals surface area contributed by atoms with Crippen LogP contribution in [0.25, 0.3) is 0 Å². The van der Waals surface area contributed by atoms with Crippen LogP contribution in [0, 0.1) is 5.92 Å². The molecule has 0 aliphatic heterocycles. The van der Waals surface area contributed by atoms with Gasteiger partial charge in [-0.1, -0.05) is 45.1 Å². The van der Waals surface area contributed by atoms with E-state index in [0.717, 1.165) is 5.92 Å². The van der Waals surface area contributed by atoms with Gasteiger partial charge in [0.25, 0.3) is 0 Å². The van der Waals surface area contributed by atoms with E-state index in [1.54, 1.807) is 5.57 Å². The van der Waals surface area contributed by atoms with Gasteiger partial charge in [0.15, 0.2) is 0 Å². The van der Waals surface area contributed by atoms with E-state index in [1.165, 1.54) is 37.7 Å². The number of hydrogen-bond acceptors (Lipinski definition) is 0. The molecule has 1 aliphatic carbocycles. The molecule has 1 atom stereocenters.